The lowest BCUT2D eigenvalue weighted by molar-refractivity contribution is -0.137. The standard InChI is InChI=1S/C15H19F3N2O/c16-15(17,18)12-2-4-14-11(9-12)1-3-13(19-14)10-20-5-7-21-8-6-20/h2,4,9,13,19H,1,3,5-8,10H2/t13-/m0/s1. The van der Waals surface area contributed by atoms with Crippen molar-refractivity contribution in [2.45, 2.75) is 25.1 Å². The Morgan fingerprint density at radius 3 is 2.71 bits per heavy atom. The summed E-state index contributed by atoms with van der Waals surface area (Å²) < 4.78 is 43.4. The van der Waals surface area contributed by atoms with Crippen molar-refractivity contribution in [1.29, 1.82) is 0 Å². The minimum Gasteiger partial charge on any atom is -0.381 e. The number of nitrogens with one attached hydrogen (secondary N) is 1. The van der Waals surface area contributed by atoms with Gasteiger partial charge in [-0.05, 0) is 36.6 Å². The molecule has 3 nitrogen and oxygen atoms in total. The third-order valence-electron chi connectivity index (χ3n) is 4.14. The van der Waals surface area contributed by atoms with Gasteiger partial charge in [0.1, 0.15) is 0 Å². The smallest absolute Gasteiger partial charge is 0.381 e. The second kappa shape index (κ2) is 5.85. The fourth-order valence-electron chi connectivity index (χ4n) is 2.97. The van der Waals surface area contributed by atoms with E-state index in [2.05, 4.69) is 10.2 Å². The quantitative estimate of drug-likeness (QED) is 0.909. The Bertz CT molecular complexity index is 498. The van der Waals surface area contributed by atoms with Crippen LogP contribution in [-0.4, -0.2) is 43.8 Å². The summed E-state index contributed by atoms with van der Waals surface area (Å²) in [5, 5.41) is 3.37. The van der Waals surface area contributed by atoms with Gasteiger partial charge in [0.05, 0.1) is 18.8 Å². The molecule has 0 spiro atoms. The zero-order valence-electron chi connectivity index (χ0n) is 11.7. The maximum Gasteiger partial charge on any atom is 0.416 e. The van der Waals surface area contributed by atoms with Crippen LogP contribution in [0.5, 0.6) is 0 Å². The van der Waals surface area contributed by atoms with Gasteiger partial charge in [-0.15, -0.1) is 0 Å². The van der Waals surface area contributed by atoms with E-state index < -0.39 is 11.7 Å². The van der Waals surface area contributed by atoms with Crippen molar-refractivity contribution in [1.82, 2.24) is 4.90 Å². The molecule has 21 heavy (non-hydrogen) atoms. The normalized spacial score (nSPS) is 23.5. The molecule has 1 N–H and O–H groups in total. The van der Waals surface area contributed by atoms with E-state index in [9.17, 15) is 13.2 Å². The van der Waals surface area contributed by atoms with Crippen LogP contribution in [-0.2, 0) is 17.3 Å². The maximum atomic E-state index is 12.7. The minimum atomic E-state index is -4.26. The van der Waals surface area contributed by atoms with Crippen LogP contribution in [0.3, 0.4) is 0 Å². The molecule has 0 saturated carbocycles. The molecule has 1 atom stereocenters. The predicted octanol–water partition coefficient (Wildman–Crippen LogP) is 2.76. The van der Waals surface area contributed by atoms with Crippen molar-refractivity contribution >= 4 is 5.69 Å². The van der Waals surface area contributed by atoms with Gasteiger partial charge in [0.15, 0.2) is 0 Å². The summed E-state index contributed by atoms with van der Waals surface area (Å²) in [6.07, 6.45) is -2.70. The number of fused-ring (bicyclic) bond motifs is 1. The fourth-order valence-corrected chi connectivity index (χ4v) is 2.97. The summed E-state index contributed by atoms with van der Waals surface area (Å²) in [4.78, 5) is 2.34. The number of benzene rings is 1. The lowest BCUT2D eigenvalue weighted by atomic mass is 9.96. The molecule has 2 heterocycles. The van der Waals surface area contributed by atoms with E-state index in [0.29, 0.717) is 12.5 Å². The number of aryl methyl sites for hydroxylation is 1. The van der Waals surface area contributed by atoms with Crippen molar-refractivity contribution < 1.29 is 17.9 Å². The average Bonchev–Trinajstić information content (AvgIpc) is 2.47. The first-order valence-corrected chi connectivity index (χ1v) is 7.29. The summed E-state index contributed by atoms with van der Waals surface area (Å²) in [6, 6.07) is 4.28. The molecule has 2 aliphatic rings. The number of alkyl halides is 3. The van der Waals surface area contributed by atoms with Crippen LogP contribution in [0.1, 0.15) is 17.5 Å². The van der Waals surface area contributed by atoms with Crippen LogP contribution in [0.25, 0.3) is 0 Å². The Morgan fingerprint density at radius 2 is 2.00 bits per heavy atom. The van der Waals surface area contributed by atoms with Gasteiger partial charge in [0.2, 0.25) is 0 Å². The first kappa shape index (κ1) is 14.7. The zero-order valence-corrected chi connectivity index (χ0v) is 11.7. The molecule has 0 aliphatic carbocycles. The lowest BCUT2D eigenvalue weighted by Crippen LogP contribution is -2.44. The molecule has 1 saturated heterocycles. The van der Waals surface area contributed by atoms with Crippen molar-refractivity contribution in [3.8, 4) is 0 Å². The van der Waals surface area contributed by atoms with Crippen molar-refractivity contribution in [3.05, 3.63) is 29.3 Å². The van der Waals surface area contributed by atoms with Gasteiger partial charge in [-0.2, -0.15) is 13.2 Å². The van der Waals surface area contributed by atoms with Crippen LogP contribution in [0.2, 0.25) is 0 Å². The highest BCUT2D eigenvalue weighted by Gasteiger charge is 2.32. The molecule has 116 valence electrons. The molecular formula is C15H19F3N2O. The van der Waals surface area contributed by atoms with E-state index >= 15 is 0 Å². The molecule has 3 rings (SSSR count). The second-order valence-electron chi connectivity index (χ2n) is 5.66. The molecule has 1 aromatic carbocycles. The Balaban J connectivity index is 1.65. The molecule has 0 amide bonds. The Kier molecular flexibility index (Phi) is 4.08. The molecule has 6 heteroatoms. The van der Waals surface area contributed by atoms with Gasteiger partial charge in [-0.1, -0.05) is 0 Å². The SMILES string of the molecule is FC(F)(F)c1ccc2c(c1)CC[C@@H](CN1CCOCC1)N2. The molecule has 0 unspecified atom stereocenters. The first-order valence-electron chi connectivity index (χ1n) is 7.29. The largest absolute Gasteiger partial charge is 0.416 e. The average molecular weight is 300 g/mol. The third-order valence-corrected chi connectivity index (χ3v) is 4.14. The first-order chi connectivity index (χ1) is 10.0. The fraction of sp³-hybridized carbons (Fsp3) is 0.600. The Labute approximate surface area is 122 Å². The molecule has 0 aromatic heterocycles. The number of morpholine rings is 1. The predicted molar refractivity (Wildman–Crippen MR) is 74.4 cm³/mol. The van der Waals surface area contributed by atoms with Crippen molar-refractivity contribution in [2.75, 3.05) is 38.2 Å². The zero-order chi connectivity index (χ0) is 14.9. The van der Waals surface area contributed by atoms with Crippen LogP contribution in [0.4, 0.5) is 18.9 Å². The van der Waals surface area contributed by atoms with Gasteiger partial charge in [0.25, 0.3) is 0 Å². The van der Waals surface area contributed by atoms with Crippen molar-refractivity contribution in [3.63, 3.8) is 0 Å². The number of ether oxygens (including phenoxy) is 1. The highest BCUT2D eigenvalue weighted by atomic mass is 19.4. The van der Waals surface area contributed by atoms with Crippen molar-refractivity contribution in [2.24, 2.45) is 0 Å². The number of hydrogen-bond acceptors (Lipinski definition) is 3. The van der Waals surface area contributed by atoms with Gasteiger partial charge < -0.3 is 10.1 Å². The number of anilines is 1. The van der Waals surface area contributed by atoms with E-state index in [1.165, 1.54) is 6.07 Å². The summed E-state index contributed by atoms with van der Waals surface area (Å²) >= 11 is 0. The number of halogens is 3. The molecule has 0 radical (unpaired) electrons. The Hall–Kier alpha value is -1.27. The van der Waals surface area contributed by atoms with Gasteiger partial charge in [0, 0.05) is 31.4 Å². The summed E-state index contributed by atoms with van der Waals surface area (Å²) in [5.74, 6) is 0. The van der Waals surface area contributed by atoms with E-state index in [1.54, 1.807) is 6.07 Å². The monoisotopic (exact) mass is 300 g/mol. The van der Waals surface area contributed by atoms with Crippen LogP contribution >= 0.6 is 0 Å². The van der Waals surface area contributed by atoms with Crippen LogP contribution in [0, 0.1) is 0 Å². The molecular weight excluding hydrogens is 281 g/mol. The Morgan fingerprint density at radius 1 is 1.24 bits per heavy atom. The maximum absolute atomic E-state index is 12.7. The molecule has 0 bridgehead atoms. The van der Waals surface area contributed by atoms with Gasteiger partial charge in [-0.25, -0.2) is 0 Å². The van der Waals surface area contributed by atoms with Gasteiger partial charge >= 0.3 is 6.18 Å². The number of hydrogen-bond donors (Lipinski definition) is 1. The molecule has 1 aromatic rings. The summed E-state index contributed by atoms with van der Waals surface area (Å²) in [7, 11) is 0. The summed E-state index contributed by atoms with van der Waals surface area (Å²) in [6.45, 7) is 4.30. The molecule has 1 fully saturated rings. The highest BCUT2D eigenvalue weighted by Crippen LogP contribution is 2.34. The molecule has 2 aliphatic heterocycles. The summed E-state index contributed by atoms with van der Waals surface area (Å²) in [5.41, 5.74) is 1.05. The van der Waals surface area contributed by atoms with Crippen LogP contribution in [0.15, 0.2) is 18.2 Å². The van der Waals surface area contributed by atoms with E-state index in [1.807, 2.05) is 0 Å². The topological polar surface area (TPSA) is 24.5 Å². The second-order valence-corrected chi connectivity index (χ2v) is 5.66. The van der Waals surface area contributed by atoms with E-state index in [0.717, 1.165) is 56.6 Å². The lowest BCUT2D eigenvalue weighted by Gasteiger charge is -2.34. The highest BCUT2D eigenvalue weighted by molar-refractivity contribution is 5.55. The van der Waals surface area contributed by atoms with E-state index in [4.69, 9.17) is 4.74 Å². The van der Waals surface area contributed by atoms with E-state index in [-0.39, 0.29) is 0 Å². The number of rotatable bonds is 2. The minimum absolute atomic E-state index is 0.298. The van der Waals surface area contributed by atoms with Crippen LogP contribution < -0.4 is 5.32 Å². The third kappa shape index (κ3) is 3.49. The van der Waals surface area contributed by atoms with Gasteiger partial charge in [-0.3, -0.25) is 4.90 Å². The number of nitrogens with zero attached hydrogens (tertiary/aromatic N) is 1.